The van der Waals surface area contributed by atoms with Crippen LogP contribution in [-0.2, 0) is 14.3 Å². The van der Waals surface area contributed by atoms with E-state index in [0.29, 0.717) is 31.4 Å². The van der Waals surface area contributed by atoms with E-state index in [1.54, 1.807) is 25.3 Å². The van der Waals surface area contributed by atoms with Gasteiger partial charge in [-0.2, -0.15) is 13.2 Å². The highest BCUT2D eigenvalue weighted by molar-refractivity contribution is 5.99. The largest absolute Gasteiger partial charge is 0.480 e. The van der Waals surface area contributed by atoms with Gasteiger partial charge in [-0.1, -0.05) is 25.1 Å². The molecule has 11 heteroatoms. The van der Waals surface area contributed by atoms with Crippen molar-refractivity contribution >= 4 is 17.8 Å². The van der Waals surface area contributed by atoms with Crippen LogP contribution in [-0.4, -0.2) is 60.3 Å². The fourth-order valence-corrected chi connectivity index (χ4v) is 5.25. The molecule has 1 unspecified atom stereocenters. The van der Waals surface area contributed by atoms with E-state index in [-0.39, 0.29) is 35.9 Å². The van der Waals surface area contributed by atoms with Crippen LogP contribution >= 0.6 is 0 Å². The van der Waals surface area contributed by atoms with Crippen molar-refractivity contribution in [3.05, 3.63) is 29.8 Å². The minimum absolute atomic E-state index is 0.00846. The Morgan fingerprint density at radius 3 is 2.72 bits per heavy atom. The molecule has 8 nitrogen and oxygen atoms in total. The maximum Gasteiger partial charge on any atom is 0.425 e. The van der Waals surface area contributed by atoms with E-state index >= 15 is 0 Å². The van der Waals surface area contributed by atoms with Crippen LogP contribution in [0.15, 0.2) is 24.3 Å². The van der Waals surface area contributed by atoms with E-state index in [4.69, 9.17) is 14.9 Å². The molecule has 3 N–H and O–H groups in total. The summed E-state index contributed by atoms with van der Waals surface area (Å²) in [5.74, 6) is -1.10. The van der Waals surface area contributed by atoms with Crippen molar-refractivity contribution in [2.24, 2.45) is 11.8 Å². The van der Waals surface area contributed by atoms with Gasteiger partial charge in [-0.05, 0) is 38.2 Å². The van der Waals surface area contributed by atoms with Crippen molar-refractivity contribution in [1.82, 2.24) is 15.5 Å². The smallest absolute Gasteiger partial charge is 0.425 e. The fourth-order valence-electron chi connectivity index (χ4n) is 5.25. The highest BCUT2D eigenvalue weighted by Crippen LogP contribution is 2.47. The van der Waals surface area contributed by atoms with Gasteiger partial charge >= 0.3 is 6.18 Å². The first-order valence-electron chi connectivity index (χ1n) is 12.3. The summed E-state index contributed by atoms with van der Waals surface area (Å²) in [5, 5.41) is 14.4. The molecule has 4 rings (SSSR count). The second-order valence-electron chi connectivity index (χ2n) is 10.2. The molecule has 3 aliphatic rings. The Kier molecular flexibility index (Phi) is 7.23. The number of amides is 2. The van der Waals surface area contributed by atoms with Crippen LogP contribution in [0.2, 0.25) is 0 Å². The molecule has 2 heterocycles. The van der Waals surface area contributed by atoms with Gasteiger partial charge in [0.25, 0.3) is 0 Å². The fraction of sp³-hybridized carbons (Fsp3) is 0.640. The minimum Gasteiger partial charge on any atom is -0.480 e. The van der Waals surface area contributed by atoms with Crippen LogP contribution in [0.5, 0.6) is 5.75 Å². The van der Waals surface area contributed by atoms with E-state index in [1.807, 2.05) is 13.8 Å². The zero-order valence-corrected chi connectivity index (χ0v) is 20.7. The standard InChI is InChI=1S/C25H33F3N4O4/c1-4-24(2)13-21(33)32(23(29)31-24)18(9-10-35-3)15-11-16(15)22(34)30-17-12-20(25(26,27)28)36-19-8-6-5-7-14(17)19/h5-8,15-18,20H,4,9-13H2,1-3H3,(H2,29,31)(H,30,34)/t15-,16-,17+,18?,20-,24-/m1/s1. The first kappa shape index (κ1) is 26.2. The summed E-state index contributed by atoms with van der Waals surface area (Å²) >= 11 is 0. The van der Waals surface area contributed by atoms with E-state index in [0.717, 1.165) is 0 Å². The lowest BCUT2D eigenvalue weighted by Gasteiger charge is -2.43. The van der Waals surface area contributed by atoms with Crippen molar-refractivity contribution in [2.45, 2.75) is 75.9 Å². The third-order valence-electron chi connectivity index (χ3n) is 7.57. The van der Waals surface area contributed by atoms with Gasteiger partial charge in [-0.3, -0.25) is 19.9 Å². The van der Waals surface area contributed by atoms with E-state index in [1.165, 1.54) is 11.0 Å². The molecule has 36 heavy (non-hydrogen) atoms. The maximum absolute atomic E-state index is 13.4. The number of para-hydroxylation sites is 1. The SMILES string of the molecule is CC[C@]1(C)CC(=O)N(C(CCOC)[C@@H]2C[C@H]2C(=O)N[C@H]2C[C@H](C(F)(F)F)Oc3ccccc32)C(=N)N1. The van der Waals surface area contributed by atoms with Gasteiger partial charge < -0.3 is 20.1 Å². The Morgan fingerprint density at radius 1 is 1.36 bits per heavy atom. The van der Waals surface area contributed by atoms with Gasteiger partial charge in [0.15, 0.2) is 12.1 Å². The molecule has 0 spiro atoms. The molecule has 6 atom stereocenters. The zero-order valence-electron chi connectivity index (χ0n) is 20.7. The number of nitrogens with zero attached hydrogens (tertiary/aromatic N) is 1. The average Bonchev–Trinajstić information content (AvgIpc) is 3.61. The summed E-state index contributed by atoms with van der Waals surface area (Å²) in [6.07, 6.45) is -5.14. The van der Waals surface area contributed by atoms with Crippen molar-refractivity contribution in [1.29, 1.82) is 5.41 Å². The molecule has 1 saturated carbocycles. The van der Waals surface area contributed by atoms with Crippen molar-refractivity contribution in [3.8, 4) is 5.75 Å². The quantitative estimate of drug-likeness (QED) is 0.497. The third-order valence-corrected chi connectivity index (χ3v) is 7.57. The summed E-state index contributed by atoms with van der Waals surface area (Å²) in [6, 6.07) is 5.16. The van der Waals surface area contributed by atoms with E-state index in [9.17, 15) is 22.8 Å². The number of hydrogen-bond donors (Lipinski definition) is 3. The molecule has 1 aromatic rings. The molecular formula is C25H33F3N4O4. The summed E-state index contributed by atoms with van der Waals surface area (Å²) < 4.78 is 50.7. The molecule has 2 aliphatic heterocycles. The molecule has 198 valence electrons. The lowest BCUT2D eigenvalue weighted by molar-refractivity contribution is -0.201. The monoisotopic (exact) mass is 510 g/mol. The number of carbonyl (C=O) groups is 2. The second kappa shape index (κ2) is 9.91. The second-order valence-corrected chi connectivity index (χ2v) is 10.2. The summed E-state index contributed by atoms with van der Waals surface area (Å²) in [5.41, 5.74) is 0.0120. The Labute approximate surface area is 208 Å². The molecule has 2 amide bonds. The van der Waals surface area contributed by atoms with E-state index in [2.05, 4.69) is 10.6 Å². The molecule has 0 bridgehead atoms. The molecule has 2 fully saturated rings. The number of guanidine groups is 1. The lowest BCUT2D eigenvalue weighted by Crippen LogP contribution is -2.63. The first-order chi connectivity index (χ1) is 17.0. The van der Waals surface area contributed by atoms with Crippen LogP contribution in [0.25, 0.3) is 0 Å². The predicted molar refractivity (Wildman–Crippen MR) is 125 cm³/mol. The highest BCUT2D eigenvalue weighted by Gasteiger charge is 2.53. The number of rotatable bonds is 8. The number of benzene rings is 1. The molecule has 0 aromatic heterocycles. The van der Waals surface area contributed by atoms with Gasteiger partial charge in [0.2, 0.25) is 11.8 Å². The topological polar surface area (TPSA) is 104 Å². The molecule has 1 saturated heterocycles. The van der Waals surface area contributed by atoms with Gasteiger partial charge in [-0.15, -0.1) is 0 Å². The summed E-state index contributed by atoms with van der Waals surface area (Å²) in [4.78, 5) is 27.7. The van der Waals surface area contributed by atoms with Crippen molar-refractivity contribution < 1.29 is 32.2 Å². The normalized spacial score (nSPS) is 30.7. The van der Waals surface area contributed by atoms with Crippen LogP contribution in [0.3, 0.4) is 0 Å². The molecule has 1 aromatic carbocycles. The number of alkyl halides is 3. The van der Waals surface area contributed by atoms with Crippen LogP contribution in [0.1, 0.15) is 57.6 Å². The van der Waals surface area contributed by atoms with E-state index < -0.39 is 42.2 Å². The predicted octanol–water partition coefficient (Wildman–Crippen LogP) is 3.52. The van der Waals surface area contributed by atoms with Gasteiger partial charge in [0, 0.05) is 43.2 Å². The third kappa shape index (κ3) is 5.30. The average molecular weight is 511 g/mol. The first-order valence-corrected chi connectivity index (χ1v) is 12.3. The highest BCUT2D eigenvalue weighted by atomic mass is 19.4. The number of carbonyl (C=O) groups excluding carboxylic acids is 2. The number of fused-ring (bicyclic) bond motifs is 1. The lowest BCUT2D eigenvalue weighted by atomic mass is 9.90. The molecule has 1 aliphatic carbocycles. The maximum atomic E-state index is 13.4. The van der Waals surface area contributed by atoms with Crippen LogP contribution in [0, 0.1) is 17.2 Å². The number of methoxy groups -OCH3 is 1. The summed E-state index contributed by atoms with van der Waals surface area (Å²) in [6.45, 7) is 4.19. The Morgan fingerprint density at radius 2 is 2.08 bits per heavy atom. The minimum atomic E-state index is -4.56. The number of halogens is 3. The van der Waals surface area contributed by atoms with Crippen LogP contribution < -0.4 is 15.4 Å². The van der Waals surface area contributed by atoms with Gasteiger partial charge in [0.1, 0.15) is 5.75 Å². The molecular weight excluding hydrogens is 477 g/mol. The Balaban J connectivity index is 1.48. The number of nitrogens with one attached hydrogen (secondary N) is 3. The van der Waals surface area contributed by atoms with Crippen molar-refractivity contribution in [3.63, 3.8) is 0 Å². The molecule has 0 radical (unpaired) electrons. The van der Waals surface area contributed by atoms with Crippen molar-refractivity contribution in [2.75, 3.05) is 13.7 Å². The number of ether oxygens (including phenoxy) is 2. The number of hydrogen-bond acceptors (Lipinski definition) is 5. The van der Waals surface area contributed by atoms with Gasteiger partial charge in [-0.25, -0.2) is 0 Å². The Bertz CT molecular complexity index is 999. The summed E-state index contributed by atoms with van der Waals surface area (Å²) in [7, 11) is 1.55. The Hall–Kier alpha value is -2.82. The zero-order chi connectivity index (χ0) is 26.3. The van der Waals surface area contributed by atoms with Crippen LogP contribution in [0.4, 0.5) is 13.2 Å². The van der Waals surface area contributed by atoms with Gasteiger partial charge in [0.05, 0.1) is 12.5 Å².